The minimum absolute atomic E-state index is 0.000454. The van der Waals surface area contributed by atoms with Gasteiger partial charge in [-0.05, 0) is 56.4 Å². The summed E-state index contributed by atoms with van der Waals surface area (Å²) in [5.41, 5.74) is 3.19. The summed E-state index contributed by atoms with van der Waals surface area (Å²) in [7, 11) is 0. The number of benzene rings is 2. The van der Waals surface area contributed by atoms with Gasteiger partial charge in [0.25, 0.3) is 0 Å². The summed E-state index contributed by atoms with van der Waals surface area (Å²) in [4.78, 5) is 17.9. The maximum absolute atomic E-state index is 13.2. The Morgan fingerprint density at radius 3 is 2.52 bits per heavy atom. The van der Waals surface area contributed by atoms with Crippen molar-refractivity contribution in [3.8, 4) is 0 Å². The van der Waals surface area contributed by atoms with Crippen molar-refractivity contribution in [2.24, 2.45) is 0 Å². The van der Waals surface area contributed by atoms with Gasteiger partial charge in [0.15, 0.2) is 0 Å². The first kappa shape index (κ1) is 21.4. The second-order valence-corrected chi connectivity index (χ2v) is 8.32. The SMILES string of the molecule is CCCC(C)N1CCC(N(Cc2ccccc2)C(=O)Nc2cccc(C)c2)CC1. The Kier molecular flexibility index (Phi) is 7.70. The molecule has 4 nitrogen and oxygen atoms in total. The molecule has 4 heteroatoms. The monoisotopic (exact) mass is 393 g/mol. The van der Waals surface area contributed by atoms with Gasteiger partial charge in [-0.2, -0.15) is 0 Å². The lowest BCUT2D eigenvalue weighted by molar-refractivity contribution is 0.0989. The van der Waals surface area contributed by atoms with E-state index in [-0.39, 0.29) is 12.1 Å². The molecule has 1 atom stereocenters. The van der Waals surface area contributed by atoms with Crippen molar-refractivity contribution in [2.45, 2.75) is 65.1 Å². The summed E-state index contributed by atoms with van der Waals surface area (Å²) in [6.07, 6.45) is 4.52. The predicted octanol–water partition coefficient (Wildman–Crippen LogP) is 5.68. The standard InChI is InChI=1S/C25H35N3O/c1-4-9-21(3)27-16-14-24(15-17-27)28(19-22-11-6-5-7-12-22)25(29)26-23-13-8-10-20(2)18-23/h5-8,10-13,18,21,24H,4,9,14-17,19H2,1-3H3,(H,26,29). The number of amides is 2. The van der Waals surface area contributed by atoms with Crippen molar-refractivity contribution in [2.75, 3.05) is 18.4 Å². The molecule has 156 valence electrons. The molecule has 1 fully saturated rings. The highest BCUT2D eigenvalue weighted by Crippen LogP contribution is 2.23. The van der Waals surface area contributed by atoms with Gasteiger partial charge >= 0.3 is 6.03 Å². The van der Waals surface area contributed by atoms with Crippen LogP contribution in [0.25, 0.3) is 0 Å². The molecular weight excluding hydrogens is 358 g/mol. The maximum atomic E-state index is 13.2. The van der Waals surface area contributed by atoms with E-state index in [1.807, 2.05) is 54.3 Å². The Bertz CT molecular complexity index is 769. The molecule has 0 aromatic heterocycles. The molecule has 0 aliphatic carbocycles. The normalized spacial score (nSPS) is 16.4. The summed E-state index contributed by atoms with van der Waals surface area (Å²) in [6.45, 7) is 9.40. The molecule has 1 aliphatic rings. The third-order valence-electron chi connectivity index (χ3n) is 6.00. The number of likely N-dealkylation sites (tertiary alicyclic amines) is 1. The fraction of sp³-hybridized carbons (Fsp3) is 0.480. The largest absolute Gasteiger partial charge is 0.322 e. The van der Waals surface area contributed by atoms with Crippen LogP contribution in [0.1, 0.15) is 50.7 Å². The molecule has 1 unspecified atom stereocenters. The van der Waals surface area contributed by atoms with E-state index in [2.05, 4.69) is 36.2 Å². The van der Waals surface area contributed by atoms with Crippen molar-refractivity contribution in [1.82, 2.24) is 9.80 Å². The number of urea groups is 1. The van der Waals surface area contributed by atoms with Gasteiger partial charge in [-0.15, -0.1) is 0 Å². The van der Waals surface area contributed by atoms with Gasteiger partial charge < -0.3 is 15.1 Å². The number of rotatable bonds is 7. The minimum Gasteiger partial charge on any atom is -0.317 e. The van der Waals surface area contributed by atoms with Crippen LogP contribution in [-0.2, 0) is 6.54 Å². The number of carbonyl (C=O) groups excluding carboxylic acids is 1. The molecular formula is C25H35N3O. The molecule has 1 heterocycles. The van der Waals surface area contributed by atoms with Gasteiger partial charge in [-0.25, -0.2) is 4.79 Å². The van der Waals surface area contributed by atoms with Crippen molar-refractivity contribution in [3.05, 3.63) is 65.7 Å². The zero-order chi connectivity index (χ0) is 20.6. The summed E-state index contributed by atoms with van der Waals surface area (Å²) in [5.74, 6) is 0. The van der Waals surface area contributed by atoms with Crippen LogP contribution in [0.3, 0.4) is 0 Å². The first-order valence-electron chi connectivity index (χ1n) is 11.0. The van der Waals surface area contributed by atoms with Gasteiger partial charge in [0.05, 0.1) is 0 Å². The van der Waals surface area contributed by atoms with Crippen molar-refractivity contribution < 1.29 is 4.79 Å². The van der Waals surface area contributed by atoms with Crippen LogP contribution in [0.15, 0.2) is 54.6 Å². The maximum Gasteiger partial charge on any atom is 0.322 e. The molecule has 1 saturated heterocycles. The number of aryl methyl sites for hydroxylation is 1. The minimum atomic E-state index is -0.000454. The van der Waals surface area contributed by atoms with E-state index in [0.29, 0.717) is 12.6 Å². The van der Waals surface area contributed by atoms with Crippen LogP contribution in [-0.4, -0.2) is 41.0 Å². The number of anilines is 1. The van der Waals surface area contributed by atoms with Crippen LogP contribution in [0.5, 0.6) is 0 Å². The molecule has 2 amide bonds. The summed E-state index contributed by atoms with van der Waals surface area (Å²) >= 11 is 0. The van der Waals surface area contributed by atoms with Crippen LogP contribution in [0.4, 0.5) is 10.5 Å². The van der Waals surface area contributed by atoms with Crippen LogP contribution >= 0.6 is 0 Å². The topological polar surface area (TPSA) is 35.6 Å². The predicted molar refractivity (Wildman–Crippen MR) is 121 cm³/mol. The number of nitrogens with one attached hydrogen (secondary N) is 1. The van der Waals surface area contributed by atoms with Crippen molar-refractivity contribution in [1.29, 1.82) is 0 Å². The molecule has 0 spiro atoms. The average Bonchev–Trinajstić information content (AvgIpc) is 2.73. The first-order chi connectivity index (χ1) is 14.1. The molecule has 2 aromatic carbocycles. The Hall–Kier alpha value is -2.33. The second-order valence-electron chi connectivity index (χ2n) is 8.32. The highest BCUT2D eigenvalue weighted by Gasteiger charge is 2.29. The highest BCUT2D eigenvalue weighted by molar-refractivity contribution is 5.89. The Labute approximate surface area is 175 Å². The Morgan fingerprint density at radius 1 is 1.14 bits per heavy atom. The zero-order valence-corrected chi connectivity index (χ0v) is 18.1. The average molecular weight is 394 g/mol. The number of carbonyl (C=O) groups is 1. The molecule has 3 rings (SSSR count). The fourth-order valence-electron chi connectivity index (χ4n) is 4.30. The van der Waals surface area contributed by atoms with Gasteiger partial charge in [-0.1, -0.05) is 55.8 Å². The van der Waals surface area contributed by atoms with Crippen LogP contribution in [0, 0.1) is 6.92 Å². The third kappa shape index (κ3) is 6.07. The van der Waals surface area contributed by atoms with Crippen LogP contribution in [0.2, 0.25) is 0 Å². The smallest absolute Gasteiger partial charge is 0.317 e. The molecule has 2 aromatic rings. The van der Waals surface area contributed by atoms with Gasteiger partial charge in [0, 0.05) is 37.4 Å². The quantitative estimate of drug-likeness (QED) is 0.657. The summed E-state index contributed by atoms with van der Waals surface area (Å²) in [5, 5.41) is 3.13. The third-order valence-corrected chi connectivity index (χ3v) is 6.00. The highest BCUT2D eigenvalue weighted by atomic mass is 16.2. The molecule has 0 bridgehead atoms. The number of nitrogens with zero attached hydrogens (tertiary/aromatic N) is 2. The summed E-state index contributed by atoms with van der Waals surface area (Å²) < 4.78 is 0. The Balaban J connectivity index is 1.70. The van der Waals surface area contributed by atoms with Crippen molar-refractivity contribution >= 4 is 11.7 Å². The second kappa shape index (κ2) is 10.4. The zero-order valence-electron chi connectivity index (χ0n) is 18.1. The van der Waals surface area contributed by atoms with E-state index in [1.165, 1.54) is 18.4 Å². The molecule has 0 saturated carbocycles. The lowest BCUT2D eigenvalue weighted by Gasteiger charge is -2.40. The molecule has 0 radical (unpaired) electrons. The van der Waals surface area contributed by atoms with E-state index < -0.39 is 0 Å². The Morgan fingerprint density at radius 2 is 1.86 bits per heavy atom. The summed E-state index contributed by atoms with van der Waals surface area (Å²) in [6, 6.07) is 19.2. The van der Waals surface area contributed by atoms with Gasteiger partial charge in [0.1, 0.15) is 0 Å². The van der Waals surface area contributed by atoms with E-state index in [0.717, 1.165) is 37.2 Å². The number of hydrogen-bond donors (Lipinski definition) is 1. The first-order valence-corrected chi connectivity index (χ1v) is 11.0. The molecule has 1 aliphatic heterocycles. The van der Waals surface area contributed by atoms with Gasteiger partial charge in [0.2, 0.25) is 0 Å². The number of piperidine rings is 1. The van der Waals surface area contributed by atoms with E-state index in [4.69, 9.17) is 0 Å². The van der Waals surface area contributed by atoms with E-state index in [9.17, 15) is 4.79 Å². The van der Waals surface area contributed by atoms with Gasteiger partial charge in [-0.3, -0.25) is 0 Å². The van der Waals surface area contributed by atoms with E-state index >= 15 is 0 Å². The fourth-order valence-corrected chi connectivity index (χ4v) is 4.30. The van der Waals surface area contributed by atoms with Crippen LogP contribution < -0.4 is 5.32 Å². The molecule has 1 N–H and O–H groups in total. The molecule has 29 heavy (non-hydrogen) atoms. The lowest BCUT2D eigenvalue weighted by Crippen LogP contribution is -2.50. The lowest BCUT2D eigenvalue weighted by atomic mass is 10.00. The number of hydrogen-bond acceptors (Lipinski definition) is 2. The van der Waals surface area contributed by atoms with Crippen molar-refractivity contribution in [3.63, 3.8) is 0 Å². The van der Waals surface area contributed by atoms with E-state index in [1.54, 1.807) is 0 Å².